The van der Waals surface area contributed by atoms with E-state index in [0.29, 0.717) is 0 Å². The van der Waals surface area contributed by atoms with Gasteiger partial charge in [-0.15, -0.1) is 0 Å². The number of hydrogen-bond donors (Lipinski definition) is 0. The van der Waals surface area contributed by atoms with Gasteiger partial charge in [0.2, 0.25) is 5.78 Å². The third-order valence-corrected chi connectivity index (χ3v) is 2.50. The summed E-state index contributed by atoms with van der Waals surface area (Å²) in [5, 5.41) is 0. The summed E-state index contributed by atoms with van der Waals surface area (Å²) in [6.07, 6.45) is 0. The predicted octanol–water partition coefficient (Wildman–Crippen LogP) is 3.50. The van der Waals surface area contributed by atoms with Crippen LogP contribution < -0.4 is 4.74 Å². The van der Waals surface area contributed by atoms with Crippen LogP contribution in [0.2, 0.25) is 0 Å². The van der Waals surface area contributed by atoms with E-state index < -0.39 is 41.2 Å². The summed E-state index contributed by atoms with van der Waals surface area (Å²) in [7, 11) is 0. The van der Waals surface area contributed by atoms with E-state index in [1.165, 1.54) is 0 Å². The van der Waals surface area contributed by atoms with Gasteiger partial charge in [0.15, 0.2) is 18.2 Å². The Morgan fingerprint density at radius 2 is 1.55 bits per heavy atom. The maximum Gasteiger partial charge on any atom is 0.206 e. The van der Waals surface area contributed by atoms with Gasteiger partial charge in [-0.1, -0.05) is 6.07 Å². The Balaban J connectivity index is 2.11. The normalized spacial score (nSPS) is 10.4. The molecule has 0 radical (unpaired) electrons. The standard InChI is InChI=1S/C14H8F4O2/c15-9-5-4-8(6-12(9)18)20-7-13(19)14-10(16)2-1-3-11(14)17/h1-6H,7H2. The van der Waals surface area contributed by atoms with Crippen LogP contribution in [0.15, 0.2) is 36.4 Å². The molecule has 104 valence electrons. The quantitative estimate of drug-likeness (QED) is 0.634. The van der Waals surface area contributed by atoms with Crippen LogP contribution in [0.25, 0.3) is 0 Å². The molecule has 0 atom stereocenters. The van der Waals surface area contributed by atoms with Crippen molar-refractivity contribution in [2.45, 2.75) is 0 Å². The second-order valence-corrected chi connectivity index (χ2v) is 3.88. The van der Waals surface area contributed by atoms with Gasteiger partial charge in [-0.05, 0) is 24.3 Å². The van der Waals surface area contributed by atoms with Crippen LogP contribution in [0.5, 0.6) is 5.75 Å². The zero-order chi connectivity index (χ0) is 14.7. The zero-order valence-corrected chi connectivity index (χ0v) is 10.00. The van der Waals surface area contributed by atoms with Crippen LogP contribution in [0.4, 0.5) is 17.6 Å². The van der Waals surface area contributed by atoms with Crippen molar-refractivity contribution in [3.05, 3.63) is 65.2 Å². The summed E-state index contributed by atoms with van der Waals surface area (Å²) in [6.45, 7) is -0.692. The third-order valence-electron chi connectivity index (χ3n) is 2.50. The highest BCUT2D eigenvalue weighted by Crippen LogP contribution is 2.17. The highest BCUT2D eigenvalue weighted by atomic mass is 19.2. The molecule has 2 aromatic carbocycles. The number of rotatable bonds is 4. The van der Waals surface area contributed by atoms with Gasteiger partial charge in [0.05, 0.1) is 5.56 Å². The van der Waals surface area contributed by atoms with Gasteiger partial charge < -0.3 is 4.74 Å². The van der Waals surface area contributed by atoms with Crippen molar-refractivity contribution in [3.8, 4) is 5.75 Å². The molecular weight excluding hydrogens is 276 g/mol. The molecule has 0 aliphatic carbocycles. The lowest BCUT2D eigenvalue weighted by molar-refractivity contribution is 0.0912. The van der Waals surface area contributed by atoms with Gasteiger partial charge in [0.1, 0.15) is 17.4 Å². The van der Waals surface area contributed by atoms with Gasteiger partial charge in [-0.3, -0.25) is 4.79 Å². The van der Waals surface area contributed by atoms with E-state index in [4.69, 9.17) is 4.74 Å². The van der Waals surface area contributed by atoms with Gasteiger partial charge in [-0.25, -0.2) is 17.6 Å². The van der Waals surface area contributed by atoms with Gasteiger partial charge in [0, 0.05) is 6.07 Å². The molecule has 2 nitrogen and oxygen atoms in total. The fourth-order valence-electron chi connectivity index (χ4n) is 1.55. The minimum absolute atomic E-state index is 0.117. The van der Waals surface area contributed by atoms with Crippen molar-refractivity contribution in [1.29, 1.82) is 0 Å². The smallest absolute Gasteiger partial charge is 0.206 e. The summed E-state index contributed by atoms with van der Waals surface area (Å²) >= 11 is 0. The van der Waals surface area contributed by atoms with Gasteiger partial charge in [0.25, 0.3) is 0 Å². The molecule has 0 aliphatic heterocycles. The van der Waals surface area contributed by atoms with E-state index >= 15 is 0 Å². The Morgan fingerprint density at radius 3 is 2.15 bits per heavy atom. The largest absolute Gasteiger partial charge is 0.485 e. The number of ketones is 1. The Bertz CT molecular complexity index is 635. The molecule has 0 fully saturated rings. The molecule has 0 saturated carbocycles. The van der Waals surface area contributed by atoms with Crippen LogP contribution in [-0.2, 0) is 0 Å². The first kappa shape index (κ1) is 14.0. The Morgan fingerprint density at radius 1 is 0.900 bits per heavy atom. The SMILES string of the molecule is O=C(COc1ccc(F)c(F)c1)c1c(F)cccc1F. The second-order valence-electron chi connectivity index (χ2n) is 3.88. The summed E-state index contributed by atoms with van der Waals surface area (Å²) in [6, 6.07) is 5.65. The molecule has 0 heterocycles. The summed E-state index contributed by atoms with van der Waals surface area (Å²) in [5.74, 6) is -5.29. The van der Waals surface area contributed by atoms with Crippen LogP contribution in [0.1, 0.15) is 10.4 Å². The Hall–Kier alpha value is -2.37. The van der Waals surface area contributed by atoms with Gasteiger partial charge in [-0.2, -0.15) is 0 Å². The number of carbonyl (C=O) groups excluding carboxylic acids is 1. The molecule has 0 saturated heterocycles. The number of carbonyl (C=O) groups is 1. The molecule has 0 amide bonds. The lowest BCUT2D eigenvalue weighted by atomic mass is 10.1. The number of halogens is 4. The van der Waals surface area contributed by atoms with Crippen molar-refractivity contribution < 1.29 is 27.1 Å². The van der Waals surface area contributed by atoms with Crippen LogP contribution in [0.3, 0.4) is 0 Å². The summed E-state index contributed by atoms with van der Waals surface area (Å²) < 4.78 is 57.1. The van der Waals surface area contributed by atoms with E-state index in [1.807, 2.05) is 0 Å². The van der Waals surface area contributed by atoms with Crippen LogP contribution >= 0.6 is 0 Å². The minimum Gasteiger partial charge on any atom is -0.485 e. The Labute approximate surface area is 111 Å². The molecule has 2 aromatic rings. The van der Waals surface area contributed by atoms with Gasteiger partial charge >= 0.3 is 0 Å². The molecule has 0 aromatic heterocycles. The maximum atomic E-state index is 13.3. The molecule has 0 unspecified atom stereocenters. The monoisotopic (exact) mass is 284 g/mol. The summed E-state index contributed by atoms with van der Waals surface area (Å²) in [4.78, 5) is 11.6. The highest BCUT2D eigenvalue weighted by molar-refractivity contribution is 5.97. The average Bonchev–Trinajstić information content (AvgIpc) is 2.40. The lowest BCUT2D eigenvalue weighted by Gasteiger charge is -2.07. The summed E-state index contributed by atoms with van der Waals surface area (Å²) in [5.41, 5.74) is -0.727. The number of benzene rings is 2. The fraction of sp³-hybridized carbons (Fsp3) is 0.0714. The first-order valence-electron chi connectivity index (χ1n) is 5.54. The maximum absolute atomic E-state index is 13.3. The number of ether oxygens (including phenoxy) is 1. The average molecular weight is 284 g/mol. The molecular formula is C14H8F4O2. The van der Waals surface area contributed by atoms with E-state index in [9.17, 15) is 22.4 Å². The topological polar surface area (TPSA) is 26.3 Å². The van der Waals surface area contributed by atoms with Crippen molar-refractivity contribution >= 4 is 5.78 Å². The first-order valence-corrected chi connectivity index (χ1v) is 5.54. The number of Topliss-reactive ketones (excluding diaryl/α,β-unsaturated/α-hetero) is 1. The fourth-order valence-corrected chi connectivity index (χ4v) is 1.55. The van der Waals surface area contributed by atoms with E-state index in [1.54, 1.807) is 0 Å². The molecule has 2 rings (SSSR count). The minimum atomic E-state index is -1.15. The van der Waals surface area contributed by atoms with E-state index in [0.717, 1.165) is 36.4 Å². The molecule has 0 N–H and O–H groups in total. The third kappa shape index (κ3) is 2.96. The first-order chi connectivity index (χ1) is 9.49. The van der Waals surface area contributed by atoms with E-state index in [-0.39, 0.29) is 5.75 Å². The number of hydrogen-bond acceptors (Lipinski definition) is 2. The molecule has 0 aliphatic rings. The van der Waals surface area contributed by atoms with Crippen molar-refractivity contribution in [2.75, 3.05) is 6.61 Å². The molecule has 0 spiro atoms. The molecule has 6 heteroatoms. The second kappa shape index (κ2) is 5.73. The van der Waals surface area contributed by atoms with Crippen molar-refractivity contribution in [3.63, 3.8) is 0 Å². The Kier molecular flexibility index (Phi) is 4.02. The van der Waals surface area contributed by atoms with Crippen molar-refractivity contribution in [1.82, 2.24) is 0 Å². The highest BCUT2D eigenvalue weighted by Gasteiger charge is 2.17. The van der Waals surface area contributed by atoms with Crippen LogP contribution in [0, 0.1) is 23.3 Å². The lowest BCUT2D eigenvalue weighted by Crippen LogP contribution is -2.15. The predicted molar refractivity (Wildman–Crippen MR) is 62.5 cm³/mol. The van der Waals surface area contributed by atoms with Crippen molar-refractivity contribution in [2.24, 2.45) is 0 Å². The molecule has 0 bridgehead atoms. The van der Waals surface area contributed by atoms with E-state index in [2.05, 4.69) is 0 Å². The zero-order valence-electron chi connectivity index (χ0n) is 10.00. The molecule has 20 heavy (non-hydrogen) atoms. The van der Waals surface area contributed by atoms with Crippen LogP contribution in [-0.4, -0.2) is 12.4 Å².